The Hall–Kier alpha value is -1.39. The smallest absolute Gasteiger partial charge is 0.326 e. The Kier molecular flexibility index (Phi) is 8.90. The first-order chi connectivity index (χ1) is 9.69. The van der Waals surface area contributed by atoms with E-state index in [1.807, 2.05) is 0 Å². The topological polar surface area (TPSA) is 131 Å². The van der Waals surface area contributed by atoms with Gasteiger partial charge in [0.2, 0.25) is 0 Å². The van der Waals surface area contributed by atoms with Gasteiger partial charge in [-0.15, -0.1) is 0 Å². The van der Waals surface area contributed by atoms with Crippen LogP contribution in [-0.4, -0.2) is 77.1 Å². The lowest BCUT2D eigenvalue weighted by atomic mass is 10.2. The number of methoxy groups -OCH3 is 2. The number of sulfone groups is 1. The summed E-state index contributed by atoms with van der Waals surface area (Å²) >= 11 is 0. The molecule has 0 aliphatic carbocycles. The predicted octanol–water partition coefficient (Wildman–Crippen LogP) is -1.17. The SMILES string of the molecule is COCC(CNC(=O)NC(CCS(C)(=O)=O)C(=O)O)OC. The number of hydrogen-bond acceptors (Lipinski definition) is 6. The number of ether oxygens (including phenoxy) is 2. The molecular formula is C11H22N2O7S. The van der Waals surface area contributed by atoms with Gasteiger partial charge in [0.1, 0.15) is 15.9 Å². The van der Waals surface area contributed by atoms with Gasteiger partial charge in [0.15, 0.2) is 0 Å². The van der Waals surface area contributed by atoms with Crippen LogP contribution >= 0.6 is 0 Å². The minimum absolute atomic E-state index is 0.134. The summed E-state index contributed by atoms with van der Waals surface area (Å²) in [6.45, 7) is 0.405. The number of carboxylic acid groups (broad SMARTS) is 1. The van der Waals surface area contributed by atoms with Crippen molar-refractivity contribution in [2.24, 2.45) is 0 Å². The lowest BCUT2D eigenvalue weighted by Gasteiger charge is -2.18. The zero-order chi connectivity index (χ0) is 16.5. The molecule has 2 amide bonds. The van der Waals surface area contributed by atoms with Crippen LogP contribution in [0.2, 0.25) is 0 Å². The lowest BCUT2D eigenvalue weighted by Crippen LogP contribution is -2.48. The summed E-state index contributed by atoms with van der Waals surface area (Å²) in [6, 6.07) is -1.99. The van der Waals surface area contributed by atoms with Crippen molar-refractivity contribution in [2.45, 2.75) is 18.6 Å². The minimum atomic E-state index is -3.30. The molecule has 124 valence electrons. The van der Waals surface area contributed by atoms with Crippen molar-refractivity contribution in [3.8, 4) is 0 Å². The lowest BCUT2D eigenvalue weighted by molar-refractivity contribution is -0.139. The number of carboxylic acids is 1. The highest BCUT2D eigenvalue weighted by Gasteiger charge is 2.22. The molecule has 0 bridgehead atoms. The van der Waals surface area contributed by atoms with Crippen LogP contribution in [-0.2, 0) is 24.1 Å². The number of amides is 2. The fourth-order valence-electron chi connectivity index (χ4n) is 1.40. The van der Waals surface area contributed by atoms with Gasteiger partial charge in [-0.2, -0.15) is 0 Å². The number of rotatable bonds is 10. The second-order valence-electron chi connectivity index (χ2n) is 4.48. The molecule has 0 fully saturated rings. The molecule has 0 saturated carbocycles. The third-order valence-electron chi connectivity index (χ3n) is 2.56. The van der Waals surface area contributed by atoms with E-state index in [1.165, 1.54) is 14.2 Å². The Morgan fingerprint density at radius 1 is 1.29 bits per heavy atom. The Bertz CT molecular complexity index is 438. The fourth-order valence-corrected chi connectivity index (χ4v) is 2.07. The highest BCUT2D eigenvalue weighted by atomic mass is 32.2. The summed E-state index contributed by atoms with van der Waals surface area (Å²) in [7, 11) is -0.359. The number of nitrogens with one attached hydrogen (secondary N) is 2. The van der Waals surface area contributed by atoms with E-state index in [2.05, 4.69) is 10.6 Å². The summed E-state index contributed by atoms with van der Waals surface area (Å²) in [5, 5.41) is 13.6. The third-order valence-corrected chi connectivity index (χ3v) is 3.53. The summed E-state index contributed by atoms with van der Waals surface area (Å²) in [4.78, 5) is 22.5. The molecule has 2 unspecified atom stereocenters. The molecule has 3 N–H and O–H groups in total. The van der Waals surface area contributed by atoms with Gasteiger partial charge < -0.3 is 25.2 Å². The molecule has 0 aromatic carbocycles. The second kappa shape index (κ2) is 9.53. The monoisotopic (exact) mass is 326 g/mol. The predicted molar refractivity (Wildman–Crippen MR) is 75.0 cm³/mol. The largest absolute Gasteiger partial charge is 0.480 e. The zero-order valence-corrected chi connectivity index (χ0v) is 13.1. The number of aliphatic carboxylic acids is 1. The van der Waals surface area contributed by atoms with E-state index >= 15 is 0 Å². The van der Waals surface area contributed by atoms with Crippen molar-refractivity contribution in [2.75, 3.05) is 39.4 Å². The summed E-state index contributed by atoms with van der Waals surface area (Å²) in [6.07, 6.45) is 0.438. The Balaban J connectivity index is 4.32. The Morgan fingerprint density at radius 3 is 2.33 bits per heavy atom. The first-order valence-electron chi connectivity index (χ1n) is 6.16. The Labute approximate surface area is 123 Å². The molecule has 0 aliphatic heterocycles. The minimum Gasteiger partial charge on any atom is -0.480 e. The van der Waals surface area contributed by atoms with Gasteiger partial charge in [0.25, 0.3) is 0 Å². The van der Waals surface area contributed by atoms with E-state index in [-0.39, 0.29) is 31.4 Å². The standard InChI is InChI=1S/C11H22N2O7S/c1-19-7-8(20-2)6-12-11(16)13-9(10(14)15)4-5-21(3,17)18/h8-9H,4-7H2,1-3H3,(H,14,15)(H2,12,13,16). The molecule has 0 rings (SSSR count). The average molecular weight is 326 g/mol. The molecule has 0 aromatic rings. The third kappa shape index (κ3) is 10.0. The van der Waals surface area contributed by atoms with Crippen molar-refractivity contribution in [1.29, 1.82) is 0 Å². The quantitative estimate of drug-likeness (QED) is 0.461. The normalized spacial score (nSPS) is 14.2. The highest BCUT2D eigenvalue weighted by molar-refractivity contribution is 7.90. The van der Waals surface area contributed by atoms with Gasteiger partial charge in [-0.1, -0.05) is 0 Å². The summed E-state index contributed by atoms with van der Waals surface area (Å²) in [5.74, 6) is -1.62. The van der Waals surface area contributed by atoms with Gasteiger partial charge in [-0.05, 0) is 6.42 Å². The van der Waals surface area contributed by atoms with Gasteiger partial charge in [-0.25, -0.2) is 18.0 Å². The number of urea groups is 1. The number of carbonyl (C=O) groups excluding carboxylic acids is 1. The van der Waals surface area contributed by atoms with Crippen LogP contribution in [0.5, 0.6) is 0 Å². The fraction of sp³-hybridized carbons (Fsp3) is 0.818. The average Bonchev–Trinajstić information content (AvgIpc) is 2.37. The van der Waals surface area contributed by atoms with Gasteiger partial charge in [0, 0.05) is 27.0 Å². The van der Waals surface area contributed by atoms with Crippen LogP contribution in [0.1, 0.15) is 6.42 Å². The Morgan fingerprint density at radius 2 is 1.90 bits per heavy atom. The first-order valence-corrected chi connectivity index (χ1v) is 8.22. The van der Waals surface area contributed by atoms with Crippen LogP contribution in [0.4, 0.5) is 4.79 Å². The van der Waals surface area contributed by atoms with Crippen molar-refractivity contribution >= 4 is 21.8 Å². The maximum Gasteiger partial charge on any atom is 0.326 e. The first kappa shape index (κ1) is 19.6. The molecule has 21 heavy (non-hydrogen) atoms. The molecule has 0 aromatic heterocycles. The summed E-state index contributed by atoms with van der Waals surface area (Å²) < 4.78 is 31.9. The van der Waals surface area contributed by atoms with E-state index in [0.29, 0.717) is 0 Å². The van der Waals surface area contributed by atoms with Crippen molar-refractivity contribution in [1.82, 2.24) is 10.6 Å². The van der Waals surface area contributed by atoms with Crippen LogP contribution in [0.15, 0.2) is 0 Å². The molecule has 0 aliphatic rings. The van der Waals surface area contributed by atoms with Gasteiger partial charge in [0.05, 0.1) is 18.5 Å². The number of carbonyl (C=O) groups is 2. The molecule has 10 heteroatoms. The zero-order valence-electron chi connectivity index (χ0n) is 12.3. The van der Waals surface area contributed by atoms with E-state index < -0.39 is 27.9 Å². The van der Waals surface area contributed by atoms with Crippen LogP contribution in [0.25, 0.3) is 0 Å². The molecule has 0 spiro atoms. The highest BCUT2D eigenvalue weighted by Crippen LogP contribution is 1.97. The number of hydrogen-bond donors (Lipinski definition) is 3. The summed E-state index contributed by atoms with van der Waals surface area (Å²) in [5.41, 5.74) is 0. The maximum atomic E-state index is 11.6. The van der Waals surface area contributed by atoms with Crippen molar-refractivity contribution in [3.63, 3.8) is 0 Å². The van der Waals surface area contributed by atoms with Gasteiger partial charge in [-0.3, -0.25) is 0 Å². The molecule has 9 nitrogen and oxygen atoms in total. The molecule has 2 atom stereocenters. The molecule has 0 heterocycles. The van der Waals surface area contributed by atoms with Crippen LogP contribution in [0.3, 0.4) is 0 Å². The van der Waals surface area contributed by atoms with E-state index in [4.69, 9.17) is 14.6 Å². The molecule has 0 saturated heterocycles. The maximum absolute atomic E-state index is 11.6. The van der Waals surface area contributed by atoms with Crippen LogP contribution in [0, 0.1) is 0 Å². The van der Waals surface area contributed by atoms with Gasteiger partial charge >= 0.3 is 12.0 Å². The molecule has 0 radical (unpaired) electrons. The van der Waals surface area contributed by atoms with Crippen LogP contribution < -0.4 is 10.6 Å². The van der Waals surface area contributed by atoms with E-state index in [9.17, 15) is 18.0 Å². The van der Waals surface area contributed by atoms with E-state index in [1.54, 1.807) is 0 Å². The second-order valence-corrected chi connectivity index (χ2v) is 6.74. The molecular weight excluding hydrogens is 304 g/mol. The van der Waals surface area contributed by atoms with Crippen molar-refractivity contribution in [3.05, 3.63) is 0 Å². The van der Waals surface area contributed by atoms with Crippen molar-refractivity contribution < 1.29 is 32.6 Å². The van der Waals surface area contributed by atoms with E-state index in [0.717, 1.165) is 6.26 Å².